The van der Waals surface area contributed by atoms with Crippen LogP contribution in [0.15, 0.2) is 17.5 Å². The van der Waals surface area contributed by atoms with Crippen LogP contribution in [0.2, 0.25) is 0 Å². The Hall–Kier alpha value is -0.340. The fourth-order valence-electron chi connectivity index (χ4n) is 2.37. The van der Waals surface area contributed by atoms with E-state index in [9.17, 15) is 0 Å². The van der Waals surface area contributed by atoms with Crippen LogP contribution in [0.1, 0.15) is 38.0 Å². The highest BCUT2D eigenvalue weighted by atomic mass is 32.1. The van der Waals surface area contributed by atoms with Crippen molar-refractivity contribution in [2.45, 2.75) is 45.6 Å². The molecule has 1 aromatic rings. The lowest BCUT2D eigenvalue weighted by Gasteiger charge is -2.24. The second kappa shape index (κ2) is 5.83. The molecule has 0 aromatic carbocycles. The van der Waals surface area contributed by atoms with Crippen molar-refractivity contribution in [3.05, 3.63) is 22.4 Å². The van der Waals surface area contributed by atoms with Gasteiger partial charge in [-0.25, -0.2) is 0 Å². The molecule has 0 aliphatic heterocycles. The number of thiophene rings is 1. The highest BCUT2D eigenvalue weighted by molar-refractivity contribution is 7.09. The van der Waals surface area contributed by atoms with Gasteiger partial charge in [-0.2, -0.15) is 0 Å². The summed E-state index contributed by atoms with van der Waals surface area (Å²) in [5.74, 6) is 1.84. The second-order valence-electron chi connectivity index (χ2n) is 5.04. The average molecular weight is 237 g/mol. The minimum atomic E-state index is 0.686. The van der Waals surface area contributed by atoms with Crippen molar-refractivity contribution in [3.8, 4) is 0 Å². The van der Waals surface area contributed by atoms with Crippen LogP contribution in [0.4, 0.5) is 0 Å². The molecule has 0 bridgehead atoms. The van der Waals surface area contributed by atoms with Crippen LogP contribution in [0.3, 0.4) is 0 Å². The Morgan fingerprint density at radius 1 is 1.50 bits per heavy atom. The molecule has 2 atom stereocenters. The lowest BCUT2D eigenvalue weighted by atomic mass is 9.93. The molecule has 2 heteroatoms. The topological polar surface area (TPSA) is 12.0 Å². The van der Waals surface area contributed by atoms with Gasteiger partial charge in [0.2, 0.25) is 0 Å². The molecule has 16 heavy (non-hydrogen) atoms. The molecule has 0 radical (unpaired) electrons. The molecule has 2 unspecified atom stereocenters. The molecule has 90 valence electrons. The quantitative estimate of drug-likeness (QED) is 0.762. The normalized spacial score (nSPS) is 19.6. The smallest absolute Gasteiger partial charge is 0.0144 e. The zero-order chi connectivity index (χ0) is 11.4. The largest absolute Gasteiger partial charge is 0.313 e. The van der Waals surface area contributed by atoms with Gasteiger partial charge >= 0.3 is 0 Å². The zero-order valence-electron chi connectivity index (χ0n) is 10.4. The van der Waals surface area contributed by atoms with Gasteiger partial charge in [-0.05, 0) is 55.5 Å². The summed E-state index contributed by atoms with van der Waals surface area (Å²) in [6.07, 6.45) is 5.36. The molecule has 0 spiro atoms. The van der Waals surface area contributed by atoms with Gasteiger partial charge in [0.05, 0.1) is 0 Å². The SMILES string of the molecule is CCCNC(Cc1cccs1)C(C)C1CC1. The summed E-state index contributed by atoms with van der Waals surface area (Å²) in [6.45, 7) is 5.84. The van der Waals surface area contributed by atoms with E-state index in [0.29, 0.717) is 6.04 Å². The van der Waals surface area contributed by atoms with Gasteiger partial charge in [0, 0.05) is 10.9 Å². The molecule has 2 rings (SSSR count). The van der Waals surface area contributed by atoms with Crippen LogP contribution in [0, 0.1) is 11.8 Å². The van der Waals surface area contributed by atoms with Gasteiger partial charge in [-0.3, -0.25) is 0 Å². The predicted molar refractivity (Wildman–Crippen MR) is 72.0 cm³/mol. The first kappa shape index (κ1) is 12.1. The Kier molecular flexibility index (Phi) is 4.42. The van der Waals surface area contributed by atoms with Crippen molar-refractivity contribution in [2.75, 3.05) is 6.54 Å². The van der Waals surface area contributed by atoms with E-state index in [1.54, 1.807) is 0 Å². The van der Waals surface area contributed by atoms with Crippen LogP contribution >= 0.6 is 11.3 Å². The average Bonchev–Trinajstić information content (AvgIpc) is 3.02. The number of hydrogen-bond acceptors (Lipinski definition) is 2. The second-order valence-corrected chi connectivity index (χ2v) is 6.07. The molecular formula is C14H23NS. The number of hydrogen-bond donors (Lipinski definition) is 1. The first-order chi connectivity index (χ1) is 7.81. The maximum absolute atomic E-state index is 3.74. The van der Waals surface area contributed by atoms with Gasteiger partial charge in [-0.1, -0.05) is 19.9 Å². The van der Waals surface area contributed by atoms with Crippen LogP contribution in [0.25, 0.3) is 0 Å². The first-order valence-electron chi connectivity index (χ1n) is 6.57. The van der Waals surface area contributed by atoms with E-state index in [-0.39, 0.29) is 0 Å². The third kappa shape index (κ3) is 3.33. The molecule has 1 nitrogen and oxygen atoms in total. The third-order valence-electron chi connectivity index (χ3n) is 3.66. The maximum Gasteiger partial charge on any atom is 0.0144 e. The summed E-state index contributed by atoms with van der Waals surface area (Å²) in [5.41, 5.74) is 0. The lowest BCUT2D eigenvalue weighted by molar-refractivity contribution is 0.341. The van der Waals surface area contributed by atoms with E-state index in [1.807, 2.05) is 11.3 Å². The van der Waals surface area contributed by atoms with Crippen LogP contribution in [-0.2, 0) is 6.42 Å². The van der Waals surface area contributed by atoms with Crippen LogP contribution < -0.4 is 5.32 Å². The molecule has 1 aliphatic rings. The molecule has 1 aliphatic carbocycles. The first-order valence-corrected chi connectivity index (χ1v) is 7.45. The van der Waals surface area contributed by atoms with Crippen molar-refractivity contribution in [2.24, 2.45) is 11.8 Å². The molecule has 0 amide bonds. The van der Waals surface area contributed by atoms with Gasteiger partial charge in [-0.15, -0.1) is 11.3 Å². The van der Waals surface area contributed by atoms with E-state index in [0.717, 1.165) is 18.4 Å². The molecule has 1 aromatic heterocycles. The molecule has 0 saturated heterocycles. The highest BCUT2D eigenvalue weighted by Crippen LogP contribution is 2.39. The van der Waals surface area contributed by atoms with Gasteiger partial charge < -0.3 is 5.32 Å². The zero-order valence-corrected chi connectivity index (χ0v) is 11.2. The van der Waals surface area contributed by atoms with Gasteiger partial charge in [0.25, 0.3) is 0 Å². The molecule has 1 saturated carbocycles. The highest BCUT2D eigenvalue weighted by Gasteiger charge is 2.33. The molecule has 1 heterocycles. The van der Waals surface area contributed by atoms with Crippen molar-refractivity contribution >= 4 is 11.3 Å². The Bertz CT molecular complexity index is 290. The van der Waals surface area contributed by atoms with E-state index in [2.05, 4.69) is 36.7 Å². The number of rotatable bonds is 7. The molecular weight excluding hydrogens is 214 g/mol. The molecule has 1 N–H and O–H groups in total. The van der Waals surface area contributed by atoms with Crippen molar-refractivity contribution in [3.63, 3.8) is 0 Å². The lowest BCUT2D eigenvalue weighted by Crippen LogP contribution is -2.38. The summed E-state index contributed by atoms with van der Waals surface area (Å²) in [7, 11) is 0. The Morgan fingerprint density at radius 3 is 2.88 bits per heavy atom. The monoisotopic (exact) mass is 237 g/mol. The Labute approximate surface area is 103 Å². The van der Waals surface area contributed by atoms with Crippen molar-refractivity contribution in [1.29, 1.82) is 0 Å². The standard InChI is InChI=1S/C14H23NS/c1-3-8-15-14(11(2)12-6-7-12)10-13-5-4-9-16-13/h4-5,9,11-12,14-15H,3,6-8,10H2,1-2H3. The minimum absolute atomic E-state index is 0.686. The van der Waals surface area contributed by atoms with E-state index in [1.165, 1.54) is 30.6 Å². The number of nitrogens with one attached hydrogen (secondary N) is 1. The predicted octanol–water partition coefficient (Wildman–Crippen LogP) is 3.70. The minimum Gasteiger partial charge on any atom is -0.313 e. The third-order valence-corrected chi connectivity index (χ3v) is 4.56. The van der Waals surface area contributed by atoms with E-state index < -0.39 is 0 Å². The van der Waals surface area contributed by atoms with Gasteiger partial charge in [0.1, 0.15) is 0 Å². The fourth-order valence-corrected chi connectivity index (χ4v) is 3.13. The summed E-state index contributed by atoms with van der Waals surface area (Å²) in [6, 6.07) is 5.12. The Morgan fingerprint density at radius 2 is 2.31 bits per heavy atom. The van der Waals surface area contributed by atoms with E-state index in [4.69, 9.17) is 0 Å². The Balaban J connectivity index is 1.90. The summed E-state index contributed by atoms with van der Waals surface area (Å²) >= 11 is 1.89. The summed E-state index contributed by atoms with van der Waals surface area (Å²) in [5, 5.41) is 5.92. The fraction of sp³-hybridized carbons (Fsp3) is 0.714. The molecule has 1 fully saturated rings. The van der Waals surface area contributed by atoms with Crippen LogP contribution in [-0.4, -0.2) is 12.6 Å². The summed E-state index contributed by atoms with van der Waals surface area (Å²) in [4.78, 5) is 1.53. The van der Waals surface area contributed by atoms with Crippen LogP contribution in [0.5, 0.6) is 0 Å². The van der Waals surface area contributed by atoms with E-state index >= 15 is 0 Å². The summed E-state index contributed by atoms with van der Waals surface area (Å²) < 4.78 is 0. The van der Waals surface area contributed by atoms with Gasteiger partial charge in [0.15, 0.2) is 0 Å². The maximum atomic E-state index is 3.74. The van der Waals surface area contributed by atoms with Crippen molar-refractivity contribution in [1.82, 2.24) is 5.32 Å². The van der Waals surface area contributed by atoms with Crippen molar-refractivity contribution < 1.29 is 0 Å².